The second-order valence-electron chi connectivity index (χ2n) is 10.8. The lowest BCUT2D eigenvalue weighted by Gasteiger charge is -2.27. The first kappa shape index (κ1) is 18.5. The molecular weight excluding hydrogens is 324 g/mol. The van der Waals surface area contributed by atoms with Gasteiger partial charge in [-0.2, -0.15) is 0 Å². The van der Waals surface area contributed by atoms with E-state index in [0.29, 0.717) is 0 Å². The van der Waals surface area contributed by atoms with Gasteiger partial charge in [-0.15, -0.1) is 0 Å². The molecule has 4 rings (SSSR count). The van der Waals surface area contributed by atoms with E-state index in [-0.39, 0.29) is 10.8 Å². The topological polar surface area (TPSA) is 0 Å². The molecule has 27 heavy (non-hydrogen) atoms. The number of allylic oxidation sites excluding steroid dienone is 1. The van der Waals surface area contributed by atoms with Gasteiger partial charge >= 0.3 is 0 Å². The Balaban J connectivity index is 2.01. The van der Waals surface area contributed by atoms with E-state index in [0.717, 1.165) is 6.42 Å². The van der Waals surface area contributed by atoms with Crippen LogP contribution in [-0.2, 0) is 30.1 Å². The maximum Gasteiger partial charge on any atom is -0.00543 e. The van der Waals surface area contributed by atoms with Crippen LogP contribution in [-0.4, -0.2) is 0 Å². The highest BCUT2D eigenvalue weighted by Crippen LogP contribution is 2.43. The van der Waals surface area contributed by atoms with Crippen molar-refractivity contribution in [1.82, 2.24) is 0 Å². The fourth-order valence-corrected chi connectivity index (χ4v) is 4.71. The van der Waals surface area contributed by atoms with Crippen LogP contribution in [0.1, 0.15) is 88.3 Å². The van der Waals surface area contributed by atoms with Crippen molar-refractivity contribution in [3.05, 3.63) is 63.2 Å². The predicted octanol–water partition coefficient (Wildman–Crippen LogP) is 7.40. The summed E-state index contributed by atoms with van der Waals surface area (Å²) in [5.74, 6) is 0. The molecule has 0 unspecified atom stereocenters. The summed E-state index contributed by atoms with van der Waals surface area (Å²) in [7, 11) is 0. The van der Waals surface area contributed by atoms with Crippen LogP contribution in [0.25, 0.3) is 17.2 Å². The normalized spacial score (nSPS) is 16.3. The Morgan fingerprint density at radius 3 is 1.96 bits per heavy atom. The van der Waals surface area contributed by atoms with Gasteiger partial charge in [-0.3, -0.25) is 0 Å². The molecule has 0 amide bonds. The van der Waals surface area contributed by atoms with Gasteiger partial charge in [0.1, 0.15) is 0 Å². The van der Waals surface area contributed by atoms with E-state index >= 15 is 0 Å². The number of hydrogen-bond acceptors (Lipinski definition) is 0. The maximum atomic E-state index is 2.48. The highest BCUT2D eigenvalue weighted by molar-refractivity contribution is 5.82. The zero-order valence-corrected chi connectivity index (χ0v) is 18.2. The molecule has 0 heterocycles. The predicted molar refractivity (Wildman–Crippen MR) is 119 cm³/mol. The van der Waals surface area contributed by atoms with Gasteiger partial charge in [0, 0.05) is 0 Å². The van der Waals surface area contributed by atoms with Crippen LogP contribution in [0, 0.1) is 0 Å². The van der Waals surface area contributed by atoms with E-state index in [1.54, 1.807) is 22.3 Å². The Labute approximate surface area is 165 Å². The lowest BCUT2D eigenvalue weighted by molar-refractivity contribution is 0.569. The van der Waals surface area contributed by atoms with Gasteiger partial charge in [-0.1, -0.05) is 77.5 Å². The second kappa shape index (κ2) is 6.09. The molecular formula is C27H34. The summed E-state index contributed by atoms with van der Waals surface area (Å²) in [5, 5.41) is 0. The lowest BCUT2D eigenvalue weighted by Crippen LogP contribution is -2.16. The first-order valence-corrected chi connectivity index (χ1v) is 10.6. The zero-order chi connectivity index (χ0) is 19.6. The van der Waals surface area contributed by atoms with Crippen LogP contribution < -0.4 is 0 Å². The molecule has 0 atom stereocenters. The van der Waals surface area contributed by atoms with Crippen LogP contribution in [0.5, 0.6) is 0 Å². The molecule has 142 valence electrons. The molecule has 2 aromatic rings. The van der Waals surface area contributed by atoms with Crippen LogP contribution >= 0.6 is 0 Å². The molecule has 0 nitrogen and oxygen atoms in total. The Bertz CT molecular complexity index is 907. The van der Waals surface area contributed by atoms with E-state index in [9.17, 15) is 0 Å². The molecule has 0 bridgehead atoms. The summed E-state index contributed by atoms with van der Waals surface area (Å²) in [4.78, 5) is 0. The molecule has 0 saturated carbocycles. The highest BCUT2D eigenvalue weighted by Gasteiger charge is 2.27. The maximum absolute atomic E-state index is 2.48. The van der Waals surface area contributed by atoms with Crippen LogP contribution in [0.4, 0.5) is 0 Å². The van der Waals surface area contributed by atoms with Crippen molar-refractivity contribution in [3.8, 4) is 11.1 Å². The molecule has 2 aliphatic carbocycles. The molecule has 0 spiro atoms. The molecule has 0 aromatic heterocycles. The molecule has 2 aromatic carbocycles. The van der Waals surface area contributed by atoms with Gasteiger partial charge in [0.2, 0.25) is 0 Å². The van der Waals surface area contributed by atoms with Gasteiger partial charge in [0.25, 0.3) is 0 Å². The van der Waals surface area contributed by atoms with Crippen LogP contribution in [0.2, 0.25) is 0 Å². The smallest absolute Gasteiger partial charge is 0.00543 e. The SMILES string of the molecule is CC1=Cc2cc3c(c(-c4cc(C(C)(C)C)cc(C(C)(C)C)c4)c2C1)CCC3. The quantitative estimate of drug-likeness (QED) is 0.498. The lowest BCUT2D eigenvalue weighted by atomic mass is 9.77. The molecule has 2 aliphatic rings. The average molecular weight is 359 g/mol. The fourth-order valence-electron chi connectivity index (χ4n) is 4.71. The number of aryl methyl sites for hydroxylation is 1. The summed E-state index contributed by atoms with van der Waals surface area (Å²) < 4.78 is 0. The van der Waals surface area contributed by atoms with E-state index in [1.807, 2.05) is 0 Å². The summed E-state index contributed by atoms with van der Waals surface area (Å²) in [6.45, 7) is 16.3. The van der Waals surface area contributed by atoms with Crippen molar-refractivity contribution in [2.75, 3.05) is 0 Å². The largest absolute Gasteiger partial charge is 0.0683 e. The summed E-state index contributed by atoms with van der Waals surface area (Å²) >= 11 is 0. The highest BCUT2D eigenvalue weighted by atomic mass is 14.3. The van der Waals surface area contributed by atoms with Crippen molar-refractivity contribution in [2.45, 2.75) is 85.0 Å². The first-order chi connectivity index (χ1) is 12.5. The van der Waals surface area contributed by atoms with Crippen LogP contribution in [0.3, 0.4) is 0 Å². The minimum absolute atomic E-state index is 0.158. The number of hydrogen-bond donors (Lipinski definition) is 0. The van der Waals surface area contributed by atoms with Crippen molar-refractivity contribution >= 4 is 6.08 Å². The molecule has 0 N–H and O–H groups in total. The van der Waals surface area contributed by atoms with Crippen LogP contribution in [0.15, 0.2) is 29.8 Å². The monoisotopic (exact) mass is 358 g/mol. The third kappa shape index (κ3) is 3.28. The van der Waals surface area contributed by atoms with Crippen molar-refractivity contribution in [1.29, 1.82) is 0 Å². The number of benzene rings is 2. The summed E-state index contributed by atoms with van der Waals surface area (Å²) in [6.07, 6.45) is 7.31. The van der Waals surface area contributed by atoms with E-state index in [4.69, 9.17) is 0 Å². The first-order valence-electron chi connectivity index (χ1n) is 10.6. The van der Waals surface area contributed by atoms with Crippen molar-refractivity contribution < 1.29 is 0 Å². The number of fused-ring (bicyclic) bond motifs is 2. The van der Waals surface area contributed by atoms with Gasteiger partial charge in [-0.25, -0.2) is 0 Å². The minimum Gasteiger partial charge on any atom is -0.0683 e. The zero-order valence-electron chi connectivity index (χ0n) is 18.2. The average Bonchev–Trinajstić information content (AvgIpc) is 3.15. The molecule has 0 aliphatic heterocycles. The van der Waals surface area contributed by atoms with Gasteiger partial charge in [-0.05, 0) is 87.9 Å². The third-order valence-electron chi connectivity index (χ3n) is 6.35. The van der Waals surface area contributed by atoms with Gasteiger partial charge < -0.3 is 0 Å². The summed E-state index contributed by atoms with van der Waals surface area (Å²) in [5.41, 5.74) is 14.0. The van der Waals surface area contributed by atoms with E-state index < -0.39 is 0 Å². The Hall–Kier alpha value is -1.82. The third-order valence-corrected chi connectivity index (χ3v) is 6.35. The molecule has 0 saturated heterocycles. The Morgan fingerprint density at radius 1 is 0.741 bits per heavy atom. The molecule has 0 radical (unpaired) electrons. The van der Waals surface area contributed by atoms with E-state index in [1.165, 1.54) is 47.1 Å². The van der Waals surface area contributed by atoms with Gasteiger partial charge in [0.05, 0.1) is 0 Å². The summed E-state index contributed by atoms with van der Waals surface area (Å²) in [6, 6.07) is 9.89. The Morgan fingerprint density at radius 2 is 1.37 bits per heavy atom. The second-order valence-corrected chi connectivity index (χ2v) is 10.8. The van der Waals surface area contributed by atoms with Crippen molar-refractivity contribution in [2.24, 2.45) is 0 Å². The standard InChI is InChI=1S/C27H34/c1-17-11-19-13-18-9-8-10-23(18)25(24(19)12-17)20-14-21(26(2,3)4)16-22(15-20)27(5,6)7/h11,13-16H,8-10,12H2,1-7H3. The molecule has 0 heteroatoms. The fraction of sp³-hybridized carbons (Fsp3) is 0.481. The Kier molecular flexibility index (Phi) is 4.18. The van der Waals surface area contributed by atoms with E-state index in [2.05, 4.69) is 78.8 Å². The van der Waals surface area contributed by atoms with Crippen molar-refractivity contribution in [3.63, 3.8) is 0 Å². The number of rotatable bonds is 1. The van der Waals surface area contributed by atoms with Gasteiger partial charge in [0.15, 0.2) is 0 Å². The molecule has 0 fully saturated rings. The minimum atomic E-state index is 0.158.